The molecule has 0 spiro atoms. The van der Waals surface area contributed by atoms with E-state index in [2.05, 4.69) is 10.6 Å². The summed E-state index contributed by atoms with van der Waals surface area (Å²) < 4.78 is 53.2. The molecule has 1 aromatic rings. The largest absolute Gasteiger partial charge is 0.416 e. The number of alkyl halides is 4. The molecule has 0 aromatic heterocycles. The first-order valence-electron chi connectivity index (χ1n) is 8.12. The summed E-state index contributed by atoms with van der Waals surface area (Å²) in [6, 6.07) is 2.95. The zero-order valence-electron chi connectivity index (χ0n) is 14.5. The summed E-state index contributed by atoms with van der Waals surface area (Å²) in [6.07, 6.45) is -4.62. The maximum absolute atomic E-state index is 14.1. The van der Waals surface area contributed by atoms with E-state index in [1.807, 2.05) is 0 Å². The van der Waals surface area contributed by atoms with Gasteiger partial charge in [0.25, 0.3) is 0 Å². The third kappa shape index (κ3) is 5.42. The van der Waals surface area contributed by atoms with Crippen LogP contribution in [-0.2, 0) is 28.0 Å². The van der Waals surface area contributed by atoms with E-state index in [1.54, 1.807) is 0 Å². The molecule has 0 aliphatic carbocycles. The van der Waals surface area contributed by atoms with Crippen molar-refractivity contribution >= 4 is 11.8 Å². The molecule has 5 nitrogen and oxygen atoms in total. The summed E-state index contributed by atoms with van der Waals surface area (Å²) >= 11 is 0. The Balaban J connectivity index is 2.08. The molecule has 2 rings (SSSR count). The fourth-order valence-corrected chi connectivity index (χ4v) is 2.54. The van der Waals surface area contributed by atoms with Gasteiger partial charge in [-0.15, -0.1) is 0 Å². The fraction of sp³-hybridized carbons (Fsp3) is 0.529. The first-order chi connectivity index (χ1) is 12.0. The molecule has 1 aromatic carbocycles. The van der Waals surface area contributed by atoms with Gasteiger partial charge in [0.2, 0.25) is 11.8 Å². The number of amides is 2. The van der Waals surface area contributed by atoms with Crippen LogP contribution in [0.25, 0.3) is 0 Å². The minimum Gasteiger partial charge on any atom is -0.350 e. The Morgan fingerprint density at radius 3 is 2.42 bits per heavy atom. The van der Waals surface area contributed by atoms with Crippen LogP contribution in [0, 0.1) is 0 Å². The second kappa shape index (κ2) is 7.61. The molecule has 1 aliphatic heterocycles. The maximum Gasteiger partial charge on any atom is 0.416 e. The molecule has 1 aliphatic rings. The molecule has 0 saturated carbocycles. The summed E-state index contributed by atoms with van der Waals surface area (Å²) in [7, 11) is 0. The van der Waals surface area contributed by atoms with E-state index < -0.39 is 23.3 Å². The van der Waals surface area contributed by atoms with Crippen molar-refractivity contribution in [2.24, 2.45) is 0 Å². The minimum atomic E-state index is -4.62. The van der Waals surface area contributed by atoms with Gasteiger partial charge in [0.15, 0.2) is 0 Å². The summed E-state index contributed by atoms with van der Waals surface area (Å²) in [4.78, 5) is 25.0. The highest BCUT2D eigenvalue weighted by atomic mass is 19.4. The fourth-order valence-electron chi connectivity index (χ4n) is 2.54. The number of piperazine rings is 1. The van der Waals surface area contributed by atoms with Crippen LogP contribution in [0.2, 0.25) is 0 Å². The number of hydrogen-bond acceptors (Lipinski definition) is 3. The highest BCUT2D eigenvalue weighted by molar-refractivity contribution is 5.86. The zero-order valence-corrected chi connectivity index (χ0v) is 14.5. The van der Waals surface area contributed by atoms with Crippen molar-refractivity contribution in [3.63, 3.8) is 0 Å². The molecule has 1 fully saturated rings. The topological polar surface area (TPSA) is 61.4 Å². The summed E-state index contributed by atoms with van der Waals surface area (Å²) in [5.74, 6) is -0.703. The first kappa shape index (κ1) is 20.2. The molecule has 1 heterocycles. The van der Waals surface area contributed by atoms with E-state index in [4.69, 9.17) is 0 Å². The zero-order chi connectivity index (χ0) is 19.5. The van der Waals surface area contributed by atoms with Gasteiger partial charge < -0.3 is 15.5 Å². The lowest BCUT2D eigenvalue weighted by molar-refractivity contribution is -0.138. The minimum absolute atomic E-state index is 0.117. The molecule has 0 unspecified atom stereocenters. The molecular weight excluding hydrogens is 354 g/mol. The van der Waals surface area contributed by atoms with Gasteiger partial charge in [-0.1, -0.05) is 6.07 Å². The van der Waals surface area contributed by atoms with Crippen LogP contribution in [0.5, 0.6) is 0 Å². The number of hydrogen-bond donors (Lipinski definition) is 2. The van der Waals surface area contributed by atoms with Crippen molar-refractivity contribution in [2.45, 2.75) is 32.2 Å². The predicted octanol–water partition coefficient (Wildman–Crippen LogP) is 1.96. The number of nitrogens with zero attached hydrogens (tertiary/aromatic N) is 1. The van der Waals surface area contributed by atoms with Crippen LogP contribution < -0.4 is 10.6 Å². The number of benzene rings is 1. The molecule has 0 radical (unpaired) electrons. The molecule has 26 heavy (non-hydrogen) atoms. The maximum atomic E-state index is 14.1. The second-order valence-corrected chi connectivity index (χ2v) is 6.66. The monoisotopic (exact) mass is 375 g/mol. The second-order valence-electron chi connectivity index (χ2n) is 6.66. The molecule has 1 saturated heterocycles. The summed E-state index contributed by atoms with van der Waals surface area (Å²) in [6.45, 7) is 3.09. The van der Waals surface area contributed by atoms with Crippen LogP contribution in [-0.4, -0.2) is 42.9 Å². The van der Waals surface area contributed by atoms with Gasteiger partial charge in [-0.2, -0.15) is 13.2 Å². The third-order valence-corrected chi connectivity index (χ3v) is 4.02. The quantitative estimate of drug-likeness (QED) is 0.774. The van der Waals surface area contributed by atoms with E-state index >= 15 is 0 Å². The average Bonchev–Trinajstić information content (AvgIpc) is 2.53. The standard InChI is InChI=1S/C17H21F4N3O2/c1-16(2,18)12-5-11(6-13(7-12)17(19,20)21)8-23-14(25)10-24-4-3-22-9-15(24)26/h5-7,22H,3-4,8-10H2,1-2H3,(H,23,25). The molecule has 2 N–H and O–H groups in total. The molecule has 2 amide bonds. The van der Waals surface area contributed by atoms with Crippen molar-refractivity contribution < 1.29 is 27.2 Å². The van der Waals surface area contributed by atoms with E-state index in [1.165, 1.54) is 24.8 Å². The van der Waals surface area contributed by atoms with Crippen molar-refractivity contribution in [3.8, 4) is 0 Å². The van der Waals surface area contributed by atoms with Crippen LogP contribution in [0.1, 0.15) is 30.5 Å². The third-order valence-electron chi connectivity index (χ3n) is 4.02. The molecule has 0 atom stereocenters. The van der Waals surface area contributed by atoms with Crippen molar-refractivity contribution in [2.75, 3.05) is 26.2 Å². The SMILES string of the molecule is CC(C)(F)c1cc(CNC(=O)CN2CCNCC2=O)cc(C(F)(F)F)c1. The van der Waals surface area contributed by atoms with Gasteiger partial charge in [-0.25, -0.2) is 4.39 Å². The van der Waals surface area contributed by atoms with Crippen LogP contribution in [0.15, 0.2) is 18.2 Å². The first-order valence-corrected chi connectivity index (χ1v) is 8.12. The van der Waals surface area contributed by atoms with Crippen molar-refractivity contribution in [1.29, 1.82) is 0 Å². The lowest BCUT2D eigenvalue weighted by atomic mass is 9.95. The highest BCUT2D eigenvalue weighted by Crippen LogP contribution is 2.34. The number of carbonyl (C=O) groups excluding carboxylic acids is 2. The Bertz CT molecular complexity index is 651. The lowest BCUT2D eigenvalue weighted by Crippen LogP contribution is -2.51. The molecule has 0 bridgehead atoms. The lowest BCUT2D eigenvalue weighted by Gasteiger charge is -2.26. The summed E-state index contributed by atoms with van der Waals surface area (Å²) in [5.41, 5.74) is -2.90. The number of rotatable bonds is 5. The summed E-state index contributed by atoms with van der Waals surface area (Å²) in [5, 5.41) is 5.35. The van der Waals surface area contributed by atoms with Gasteiger partial charge in [0.05, 0.1) is 18.7 Å². The van der Waals surface area contributed by atoms with E-state index in [0.717, 1.165) is 12.1 Å². The van der Waals surface area contributed by atoms with E-state index in [-0.39, 0.29) is 36.7 Å². The van der Waals surface area contributed by atoms with Gasteiger partial charge in [0, 0.05) is 19.6 Å². The van der Waals surface area contributed by atoms with Gasteiger partial charge in [-0.05, 0) is 37.1 Å². The van der Waals surface area contributed by atoms with E-state index in [9.17, 15) is 27.2 Å². The van der Waals surface area contributed by atoms with Crippen LogP contribution >= 0.6 is 0 Å². The van der Waals surface area contributed by atoms with Crippen LogP contribution in [0.4, 0.5) is 17.6 Å². The normalized spacial score (nSPS) is 15.9. The average molecular weight is 375 g/mol. The van der Waals surface area contributed by atoms with Crippen molar-refractivity contribution in [1.82, 2.24) is 15.5 Å². The van der Waals surface area contributed by atoms with E-state index in [0.29, 0.717) is 13.1 Å². The van der Waals surface area contributed by atoms with Crippen LogP contribution in [0.3, 0.4) is 0 Å². The smallest absolute Gasteiger partial charge is 0.350 e. The Labute approximate surface area is 148 Å². The molecular formula is C17H21F4N3O2. The predicted molar refractivity (Wildman–Crippen MR) is 86.9 cm³/mol. The Morgan fingerprint density at radius 1 is 1.19 bits per heavy atom. The number of nitrogens with one attached hydrogen (secondary N) is 2. The highest BCUT2D eigenvalue weighted by Gasteiger charge is 2.33. The Hall–Kier alpha value is -2.16. The van der Waals surface area contributed by atoms with Gasteiger partial charge >= 0.3 is 6.18 Å². The Kier molecular flexibility index (Phi) is 5.90. The number of carbonyl (C=O) groups is 2. The number of halogens is 4. The Morgan fingerprint density at radius 2 is 1.85 bits per heavy atom. The van der Waals surface area contributed by atoms with Crippen molar-refractivity contribution in [3.05, 3.63) is 34.9 Å². The molecule has 9 heteroatoms. The molecule has 144 valence electrons. The van der Waals surface area contributed by atoms with Gasteiger partial charge in [-0.3, -0.25) is 9.59 Å². The van der Waals surface area contributed by atoms with Gasteiger partial charge in [0.1, 0.15) is 5.67 Å².